The zero-order valence-corrected chi connectivity index (χ0v) is 16.5. The molecule has 27 heavy (non-hydrogen) atoms. The molecule has 1 fully saturated rings. The van der Waals surface area contributed by atoms with Crippen LogP contribution >= 0.6 is 11.8 Å². The molecule has 3 rings (SSSR count). The fourth-order valence-corrected chi connectivity index (χ4v) is 4.36. The second kappa shape index (κ2) is 8.61. The Morgan fingerprint density at radius 2 is 2.07 bits per heavy atom. The van der Waals surface area contributed by atoms with Gasteiger partial charge in [0.25, 0.3) is 5.56 Å². The van der Waals surface area contributed by atoms with Gasteiger partial charge in [-0.05, 0) is 25.8 Å². The van der Waals surface area contributed by atoms with Crippen LogP contribution in [0.2, 0.25) is 0 Å². The minimum atomic E-state index is -0.238. The van der Waals surface area contributed by atoms with Gasteiger partial charge in [0.05, 0.1) is 23.8 Å². The molecule has 1 aliphatic heterocycles. The number of aromatic nitrogens is 1. The van der Waals surface area contributed by atoms with Crippen LogP contribution in [0.4, 0.5) is 0 Å². The van der Waals surface area contributed by atoms with Crippen LogP contribution in [0, 0.1) is 5.92 Å². The lowest BCUT2D eigenvalue weighted by Crippen LogP contribution is -2.43. The summed E-state index contributed by atoms with van der Waals surface area (Å²) in [5.41, 5.74) is 0.754. The zero-order valence-electron chi connectivity index (χ0n) is 15.6. The molecule has 1 aromatic carbocycles. The van der Waals surface area contributed by atoms with Crippen LogP contribution in [0.3, 0.4) is 0 Å². The molecule has 1 aromatic heterocycles. The van der Waals surface area contributed by atoms with Gasteiger partial charge in [0, 0.05) is 36.5 Å². The summed E-state index contributed by atoms with van der Waals surface area (Å²) in [5, 5.41) is 0.959. The third-order valence-corrected chi connectivity index (χ3v) is 5.90. The molecule has 2 aromatic rings. The molecule has 1 saturated heterocycles. The number of rotatable bonds is 5. The molecule has 2 heterocycles. The molecular formula is C20H24N2O4S. The van der Waals surface area contributed by atoms with Crippen molar-refractivity contribution in [1.82, 2.24) is 9.47 Å². The van der Waals surface area contributed by atoms with Gasteiger partial charge in [-0.25, -0.2) is 0 Å². The number of amides is 1. The molecule has 0 unspecified atom stereocenters. The molecule has 0 N–H and O–H groups in total. The van der Waals surface area contributed by atoms with E-state index in [1.807, 2.05) is 24.3 Å². The fraction of sp³-hybridized carbons (Fsp3) is 0.450. The SMILES string of the molecule is CCOC(=O)[C@@H]1CCCN(C(=O)CSc2cc(=O)n(C)c3ccccc23)C1. The van der Waals surface area contributed by atoms with Crippen molar-refractivity contribution < 1.29 is 14.3 Å². The largest absolute Gasteiger partial charge is 0.466 e. The molecular weight excluding hydrogens is 364 g/mol. The average Bonchev–Trinajstić information content (AvgIpc) is 2.69. The maximum Gasteiger partial charge on any atom is 0.310 e. The van der Waals surface area contributed by atoms with Crippen LogP contribution in [0.15, 0.2) is 40.0 Å². The number of hydrogen-bond acceptors (Lipinski definition) is 5. The minimum absolute atomic E-state index is 0.0150. The van der Waals surface area contributed by atoms with E-state index in [0.717, 1.165) is 28.6 Å². The monoisotopic (exact) mass is 388 g/mol. The number of hydrogen-bond donors (Lipinski definition) is 0. The van der Waals surface area contributed by atoms with Gasteiger partial charge in [-0.1, -0.05) is 18.2 Å². The molecule has 0 spiro atoms. The number of pyridine rings is 1. The summed E-state index contributed by atoms with van der Waals surface area (Å²) in [4.78, 5) is 39.3. The van der Waals surface area contributed by atoms with Crippen LogP contribution in [0.5, 0.6) is 0 Å². The van der Waals surface area contributed by atoms with E-state index in [-0.39, 0.29) is 29.1 Å². The molecule has 0 saturated carbocycles. The summed E-state index contributed by atoms with van der Waals surface area (Å²) >= 11 is 1.37. The van der Waals surface area contributed by atoms with E-state index < -0.39 is 0 Å². The van der Waals surface area contributed by atoms with Crippen LogP contribution in [-0.4, -0.2) is 46.8 Å². The maximum atomic E-state index is 12.7. The number of aryl methyl sites for hydroxylation is 1. The van der Waals surface area contributed by atoms with Crippen molar-refractivity contribution in [3.05, 3.63) is 40.7 Å². The highest BCUT2D eigenvalue weighted by Crippen LogP contribution is 2.27. The molecule has 0 radical (unpaired) electrons. The quantitative estimate of drug-likeness (QED) is 0.581. The molecule has 1 atom stereocenters. The Bertz CT molecular complexity index is 908. The van der Waals surface area contributed by atoms with E-state index in [1.165, 1.54) is 11.8 Å². The second-order valence-corrected chi connectivity index (χ2v) is 7.66. The van der Waals surface area contributed by atoms with Crippen LogP contribution in [-0.2, 0) is 21.4 Å². The molecule has 0 bridgehead atoms. The Morgan fingerprint density at radius 3 is 2.85 bits per heavy atom. The highest BCUT2D eigenvalue weighted by Gasteiger charge is 2.29. The van der Waals surface area contributed by atoms with Crippen LogP contribution in [0.1, 0.15) is 19.8 Å². The molecule has 0 aliphatic carbocycles. The third kappa shape index (κ3) is 4.35. The van der Waals surface area contributed by atoms with Crippen molar-refractivity contribution in [1.29, 1.82) is 0 Å². The standard InChI is InChI=1S/C20H24N2O4S/c1-3-26-20(25)14-7-6-10-22(12-14)19(24)13-27-17-11-18(23)21(2)16-9-5-4-8-15(16)17/h4-5,8-9,11,14H,3,6-7,10,12-13H2,1-2H3/t14-/m1/s1. The first-order chi connectivity index (χ1) is 13.0. The van der Waals surface area contributed by atoms with Crippen LogP contribution in [0.25, 0.3) is 10.9 Å². The fourth-order valence-electron chi connectivity index (χ4n) is 3.39. The third-order valence-electron chi connectivity index (χ3n) is 4.86. The number of carbonyl (C=O) groups is 2. The minimum Gasteiger partial charge on any atom is -0.466 e. The Hall–Kier alpha value is -2.28. The summed E-state index contributed by atoms with van der Waals surface area (Å²) in [6.45, 7) is 3.21. The van der Waals surface area contributed by atoms with E-state index >= 15 is 0 Å². The number of thioether (sulfide) groups is 1. The van der Waals surface area contributed by atoms with Gasteiger partial charge in [-0.3, -0.25) is 14.4 Å². The van der Waals surface area contributed by atoms with Crippen LogP contribution < -0.4 is 5.56 Å². The van der Waals surface area contributed by atoms with Gasteiger partial charge >= 0.3 is 5.97 Å². The van der Waals surface area contributed by atoms with Gasteiger partial charge < -0.3 is 14.2 Å². The van der Waals surface area contributed by atoms with Crippen molar-refractivity contribution in [3.63, 3.8) is 0 Å². The summed E-state index contributed by atoms with van der Waals surface area (Å²) in [7, 11) is 1.74. The van der Waals surface area contributed by atoms with E-state index in [0.29, 0.717) is 19.7 Å². The summed E-state index contributed by atoms with van der Waals surface area (Å²) in [5.74, 6) is -0.233. The summed E-state index contributed by atoms with van der Waals surface area (Å²) in [6.07, 6.45) is 1.56. The Kier molecular flexibility index (Phi) is 6.21. The van der Waals surface area contributed by atoms with Gasteiger partial charge in [-0.2, -0.15) is 0 Å². The number of likely N-dealkylation sites (tertiary alicyclic amines) is 1. The van der Waals surface area contributed by atoms with E-state index in [4.69, 9.17) is 4.74 Å². The number of fused-ring (bicyclic) bond motifs is 1. The predicted molar refractivity (Wildman–Crippen MR) is 106 cm³/mol. The van der Waals surface area contributed by atoms with Crippen molar-refractivity contribution in [2.45, 2.75) is 24.7 Å². The highest BCUT2D eigenvalue weighted by atomic mass is 32.2. The van der Waals surface area contributed by atoms with Crippen molar-refractivity contribution >= 4 is 34.5 Å². The lowest BCUT2D eigenvalue weighted by atomic mass is 9.98. The summed E-state index contributed by atoms with van der Waals surface area (Å²) in [6, 6.07) is 9.26. The number of para-hydroxylation sites is 1. The maximum absolute atomic E-state index is 12.7. The average molecular weight is 388 g/mol. The van der Waals surface area contributed by atoms with Crippen molar-refractivity contribution in [3.8, 4) is 0 Å². The van der Waals surface area contributed by atoms with Crippen molar-refractivity contribution in [2.24, 2.45) is 13.0 Å². The van der Waals surface area contributed by atoms with E-state index in [9.17, 15) is 14.4 Å². The lowest BCUT2D eigenvalue weighted by Gasteiger charge is -2.31. The van der Waals surface area contributed by atoms with E-state index in [2.05, 4.69) is 0 Å². The predicted octanol–water partition coefficient (Wildman–Crippen LogP) is 2.43. The highest BCUT2D eigenvalue weighted by molar-refractivity contribution is 8.00. The zero-order chi connectivity index (χ0) is 19.4. The smallest absolute Gasteiger partial charge is 0.310 e. The van der Waals surface area contributed by atoms with Crippen molar-refractivity contribution in [2.75, 3.05) is 25.4 Å². The normalized spacial score (nSPS) is 17.1. The van der Waals surface area contributed by atoms with Gasteiger partial charge in [0.2, 0.25) is 5.91 Å². The molecule has 1 amide bonds. The number of piperidine rings is 1. The number of benzene rings is 1. The second-order valence-electron chi connectivity index (χ2n) is 6.64. The lowest BCUT2D eigenvalue weighted by molar-refractivity contribution is -0.151. The first-order valence-electron chi connectivity index (χ1n) is 9.17. The topological polar surface area (TPSA) is 68.6 Å². The van der Waals surface area contributed by atoms with Gasteiger partial charge in [0.15, 0.2) is 0 Å². The van der Waals surface area contributed by atoms with E-state index in [1.54, 1.807) is 29.5 Å². The Morgan fingerprint density at radius 1 is 1.30 bits per heavy atom. The molecule has 1 aliphatic rings. The molecule has 7 heteroatoms. The first-order valence-corrected chi connectivity index (χ1v) is 10.2. The Balaban J connectivity index is 1.69. The summed E-state index contributed by atoms with van der Waals surface area (Å²) < 4.78 is 6.70. The molecule has 6 nitrogen and oxygen atoms in total. The van der Waals surface area contributed by atoms with Gasteiger partial charge in [-0.15, -0.1) is 11.8 Å². The number of nitrogens with zero attached hydrogens (tertiary/aromatic N) is 2. The molecule has 144 valence electrons. The number of carbonyl (C=O) groups excluding carboxylic acids is 2. The number of esters is 1. The first kappa shape index (κ1) is 19.5. The Labute approximate surface area is 162 Å². The van der Waals surface area contributed by atoms with Gasteiger partial charge in [0.1, 0.15) is 0 Å². The number of ether oxygens (including phenoxy) is 1.